The summed E-state index contributed by atoms with van der Waals surface area (Å²) in [5.41, 5.74) is 3.55. The first-order valence-corrected chi connectivity index (χ1v) is 9.34. The number of thiazole rings is 1. The highest BCUT2D eigenvalue weighted by Crippen LogP contribution is 2.28. The fourth-order valence-electron chi connectivity index (χ4n) is 3.51. The predicted octanol–water partition coefficient (Wildman–Crippen LogP) is 2.49. The number of amides is 3. The maximum Gasteiger partial charge on any atom is 0.332 e. The second-order valence-electron chi connectivity index (χ2n) is 6.45. The van der Waals surface area contributed by atoms with E-state index in [2.05, 4.69) is 9.88 Å². The molecule has 7 heteroatoms. The van der Waals surface area contributed by atoms with Gasteiger partial charge >= 0.3 is 6.03 Å². The number of aryl methyl sites for hydroxylation is 1. The number of hydrogen-bond donors (Lipinski definition) is 0. The largest absolute Gasteiger partial charge is 0.332 e. The van der Waals surface area contributed by atoms with Crippen molar-refractivity contribution >= 4 is 29.0 Å². The van der Waals surface area contributed by atoms with Gasteiger partial charge in [0.25, 0.3) is 5.91 Å². The molecule has 0 bridgehead atoms. The number of aromatic nitrogens is 1. The Hall–Kier alpha value is -2.25. The van der Waals surface area contributed by atoms with Gasteiger partial charge in [-0.2, -0.15) is 0 Å². The van der Waals surface area contributed by atoms with E-state index >= 15 is 0 Å². The lowest BCUT2D eigenvalue weighted by Crippen LogP contribution is -2.41. The topological polar surface area (TPSA) is 56.8 Å². The molecule has 2 fully saturated rings. The van der Waals surface area contributed by atoms with E-state index in [1.807, 2.05) is 30.6 Å². The SMILES string of the molecule is Cc1ncsc1CN1CCCN2C(=O)N(c3ccccc3)C(=O)C2C1. The van der Waals surface area contributed by atoms with Crippen LogP contribution < -0.4 is 4.90 Å². The summed E-state index contributed by atoms with van der Waals surface area (Å²) in [5, 5.41) is 0. The minimum Gasteiger partial charge on any atom is -0.311 e. The van der Waals surface area contributed by atoms with Crippen molar-refractivity contribution in [3.8, 4) is 0 Å². The molecule has 4 rings (SSSR count). The number of hydrogen-bond acceptors (Lipinski definition) is 5. The molecule has 2 aromatic rings. The molecule has 2 aliphatic rings. The van der Waals surface area contributed by atoms with Crippen LogP contribution in [0.25, 0.3) is 0 Å². The van der Waals surface area contributed by atoms with E-state index in [1.54, 1.807) is 28.4 Å². The Morgan fingerprint density at radius 2 is 2.00 bits per heavy atom. The number of fused-ring (bicyclic) bond motifs is 1. The molecule has 0 aliphatic carbocycles. The molecule has 25 heavy (non-hydrogen) atoms. The van der Waals surface area contributed by atoms with E-state index in [0.29, 0.717) is 18.8 Å². The number of benzene rings is 1. The zero-order chi connectivity index (χ0) is 17.4. The fraction of sp³-hybridized carbons (Fsp3) is 0.389. The van der Waals surface area contributed by atoms with Gasteiger partial charge in [0, 0.05) is 31.1 Å². The number of carbonyl (C=O) groups is 2. The average Bonchev–Trinajstić information content (AvgIpc) is 3.01. The van der Waals surface area contributed by atoms with Crippen LogP contribution in [0.15, 0.2) is 35.8 Å². The Kier molecular flexibility index (Phi) is 4.27. The number of carbonyl (C=O) groups excluding carboxylic acids is 2. The summed E-state index contributed by atoms with van der Waals surface area (Å²) in [7, 11) is 0. The molecule has 0 radical (unpaired) electrons. The third kappa shape index (κ3) is 2.94. The maximum atomic E-state index is 12.9. The van der Waals surface area contributed by atoms with Crippen molar-refractivity contribution in [1.82, 2.24) is 14.8 Å². The van der Waals surface area contributed by atoms with Gasteiger partial charge in [-0.15, -0.1) is 11.3 Å². The van der Waals surface area contributed by atoms with E-state index in [4.69, 9.17) is 0 Å². The van der Waals surface area contributed by atoms with Gasteiger partial charge in [0.2, 0.25) is 0 Å². The zero-order valence-electron chi connectivity index (χ0n) is 14.1. The Morgan fingerprint density at radius 1 is 1.20 bits per heavy atom. The van der Waals surface area contributed by atoms with Crippen LogP contribution >= 0.6 is 11.3 Å². The Bertz CT molecular complexity index is 791. The molecule has 2 saturated heterocycles. The van der Waals surface area contributed by atoms with Crippen molar-refractivity contribution in [2.45, 2.75) is 25.9 Å². The van der Waals surface area contributed by atoms with Crippen LogP contribution in [0.3, 0.4) is 0 Å². The van der Waals surface area contributed by atoms with E-state index in [9.17, 15) is 9.59 Å². The highest BCUT2D eigenvalue weighted by molar-refractivity contribution is 7.09. The number of imide groups is 1. The Balaban J connectivity index is 1.56. The normalized spacial score (nSPS) is 21.6. The smallest absolute Gasteiger partial charge is 0.311 e. The van der Waals surface area contributed by atoms with Crippen molar-refractivity contribution in [2.24, 2.45) is 0 Å². The highest BCUT2D eigenvalue weighted by atomic mass is 32.1. The van der Waals surface area contributed by atoms with E-state index in [-0.39, 0.29) is 11.9 Å². The van der Waals surface area contributed by atoms with Gasteiger partial charge < -0.3 is 4.90 Å². The first-order valence-electron chi connectivity index (χ1n) is 8.46. The summed E-state index contributed by atoms with van der Waals surface area (Å²) in [4.78, 5) is 36.6. The van der Waals surface area contributed by atoms with Gasteiger partial charge in [-0.05, 0) is 25.5 Å². The monoisotopic (exact) mass is 356 g/mol. The van der Waals surface area contributed by atoms with Gasteiger partial charge in [-0.1, -0.05) is 18.2 Å². The molecular weight excluding hydrogens is 336 g/mol. The lowest BCUT2D eigenvalue weighted by atomic mass is 10.2. The van der Waals surface area contributed by atoms with Crippen LogP contribution in [-0.2, 0) is 11.3 Å². The molecule has 6 nitrogen and oxygen atoms in total. The molecule has 1 atom stereocenters. The minimum absolute atomic E-state index is 0.121. The zero-order valence-corrected chi connectivity index (χ0v) is 14.9. The van der Waals surface area contributed by atoms with E-state index < -0.39 is 6.04 Å². The van der Waals surface area contributed by atoms with Crippen LogP contribution in [0.2, 0.25) is 0 Å². The average molecular weight is 356 g/mol. The van der Waals surface area contributed by atoms with Crippen LogP contribution in [-0.4, -0.2) is 52.4 Å². The number of para-hydroxylation sites is 1. The van der Waals surface area contributed by atoms with Crippen molar-refractivity contribution in [2.75, 3.05) is 24.5 Å². The van der Waals surface area contributed by atoms with Crippen molar-refractivity contribution in [1.29, 1.82) is 0 Å². The second kappa shape index (κ2) is 6.57. The standard InChI is InChI=1S/C18H20N4O2S/c1-13-16(25-12-19-13)11-20-8-5-9-21-15(10-20)17(23)22(18(21)24)14-6-3-2-4-7-14/h2-4,6-7,12,15H,5,8-11H2,1H3. The van der Waals surface area contributed by atoms with Crippen molar-refractivity contribution in [3.63, 3.8) is 0 Å². The number of nitrogens with zero attached hydrogens (tertiary/aromatic N) is 4. The molecule has 1 unspecified atom stereocenters. The number of anilines is 1. The predicted molar refractivity (Wildman–Crippen MR) is 96.6 cm³/mol. The van der Waals surface area contributed by atoms with Crippen LogP contribution in [0, 0.1) is 6.92 Å². The van der Waals surface area contributed by atoms with E-state index in [1.165, 1.54) is 9.78 Å². The van der Waals surface area contributed by atoms with Gasteiger partial charge in [-0.25, -0.2) is 14.7 Å². The highest BCUT2D eigenvalue weighted by Gasteiger charge is 2.47. The molecule has 3 heterocycles. The van der Waals surface area contributed by atoms with Gasteiger partial charge in [0.05, 0.1) is 16.9 Å². The summed E-state index contributed by atoms with van der Waals surface area (Å²) < 4.78 is 0. The molecular formula is C18H20N4O2S. The van der Waals surface area contributed by atoms with Crippen LogP contribution in [0.4, 0.5) is 10.5 Å². The molecule has 2 aliphatic heterocycles. The van der Waals surface area contributed by atoms with Gasteiger partial charge in [-0.3, -0.25) is 9.69 Å². The Labute approximate surface area is 150 Å². The first kappa shape index (κ1) is 16.2. The first-order chi connectivity index (χ1) is 12.1. The van der Waals surface area contributed by atoms with Gasteiger partial charge in [0.1, 0.15) is 6.04 Å². The molecule has 0 N–H and O–H groups in total. The molecule has 130 valence electrons. The maximum absolute atomic E-state index is 12.9. The summed E-state index contributed by atoms with van der Waals surface area (Å²) >= 11 is 1.65. The quantitative estimate of drug-likeness (QED) is 0.793. The van der Waals surface area contributed by atoms with Crippen molar-refractivity contribution in [3.05, 3.63) is 46.4 Å². The van der Waals surface area contributed by atoms with Crippen molar-refractivity contribution < 1.29 is 9.59 Å². The molecule has 1 aromatic heterocycles. The molecule has 0 spiro atoms. The fourth-order valence-corrected chi connectivity index (χ4v) is 4.32. The number of rotatable bonds is 3. The van der Waals surface area contributed by atoms with E-state index in [0.717, 1.165) is 25.2 Å². The summed E-state index contributed by atoms with van der Waals surface area (Å²) in [6.07, 6.45) is 0.871. The van der Waals surface area contributed by atoms with Crippen LogP contribution in [0.1, 0.15) is 17.0 Å². The summed E-state index contributed by atoms with van der Waals surface area (Å²) in [5.74, 6) is -0.121. The minimum atomic E-state index is -0.400. The number of urea groups is 1. The van der Waals surface area contributed by atoms with Crippen LogP contribution in [0.5, 0.6) is 0 Å². The molecule has 1 aromatic carbocycles. The summed E-state index contributed by atoms with van der Waals surface area (Å²) in [6, 6.07) is 8.59. The second-order valence-corrected chi connectivity index (χ2v) is 7.39. The Morgan fingerprint density at radius 3 is 2.72 bits per heavy atom. The lowest BCUT2D eigenvalue weighted by Gasteiger charge is -2.23. The third-order valence-electron chi connectivity index (χ3n) is 4.85. The summed E-state index contributed by atoms with van der Waals surface area (Å²) in [6.45, 7) is 4.88. The molecule has 3 amide bonds. The lowest BCUT2D eigenvalue weighted by molar-refractivity contribution is -0.120. The third-order valence-corrected chi connectivity index (χ3v) is 5.77. The molecule has 0 saturated carbocycles. The van der Waals surface area contributed by atoms with Gasteiger partial charge in [0.15, 0.2) is 0 Å².